The highest BCUT2D eigenvalue weighted by Crippen LogP contribution is 2.29. The monoisotopic (exact) mass is 336 g/mol. The number of aromatic nitrogens is 4. The third-order valence-electron chi connectivity index (χ3n) is 3.28. The number of hydrogen-bond acceptors (Lipinski definition) is 5. The summed E-state index contributed by atoms with van der Waals surface area (Å²) in [6.45, 7) is 8.64. The van der Waals surface area contributed by atoms with Gasteiger partial charge in [0.15, 0.2) is 11.0 Å². The van der Waals surface area contributed by atoms with E-state index in [2.05, 4.69) is 39.5 Å². The summed E-state index contributed by atoms with van der Waals surface area (Å²) in [6.07, 6.45) is 0. The fourth-order valence-electron chi connectivity index (χ4n) is 2.23. The first-order valence-electron chi connectivity index (χ1n) is 7.49. The minimum Gasteiger partial charge on any atom is -0.368 e. The Morgan fingerprint density at radius 1 is 1.39 bits per heavy atom. The maximum atomic E-state index is 11.8. The summed E-state index contributed by atoms with van der Waals surface area (Å²) < 4.78 is 1.74. The van der Waals surface area contributed by atoms with E-state index in [4.69, 9.17) is 11.6 Å². The van der Waals surface area contributed by atoms with Crippen LogP contribution in [0.1, 0.15) is 48.7 Å². The van der Waals surface area contributed by atoms with Crippen molar-refractivity contribution in [3.8, 4) is 5.69 Å². The molecule has 2 aromatic rings. The lowest BCUT2D eigenvalue weighted by molar-refractivity contribution is 0.0953. The lowest BCUT2D eigenvalue weighted by Crippen LogP contribution is -2.23. The Balaban J connectivity index is 2.69. The summed E-state index contributed by atoms with van der Waals surface area (Å²) in [5, 5.41) is 10.3. The van der Waals surface area contributed by atoms with Crippen LogP contribution in [-0.2, 0) is 0 Å². The summed E-state index contributed by atoms with van der Waals surface area (Å²) in [5.41, 5.74) is 2.43. The molecule has 2 aromatic heterocycles. The van der Waals surface area contributed by atoms with Crippen molar-refractivity contribution in [2.24, 2.45) is 0 Å². The molecular weight excluding hydrogens is 316 g/mol. The highest BCUT2D eigenvalue weighted by atomic mass is 35.5. The lowest BCUT2D eigenvalue weighted by Gasteiger charge is -2.16. The number of nitrogens with zero attached hydrogens (tertiary/aromatic N) is 4. The molecular formula is C15H21ClN6O. The van der Waals surface area contributed by atoms with Crippen LogP contribution >= 0.6 is 11.6 Å². The first-order chi connectivity index (χ1) is 10.9. The number of carbonyl (C=O) groups is 1. The van der Waals surface area contributed by atoms with E-state index in [1.807, 2.05) is 19.9 Å². The molecule has 0 saturated carbocycles. The fraction of sp³-hybridized carbons (Fsp3) is 0.467. The van der Waals surface area contributed by atoms with Crippen molar-refractivity contribution < 1.29 is 4.79 Å². The summed E-state index contributed by atoms with van der Waals surface area (Å²) >= 11 is 6.36. The predicted molar refractivity (Wildman–Crippen MR) is 90.5 cm³/mol. The lowest BCUT2D eigenvalue weighted by atomic mass is 10.1. The minimum absolute atomic E-state index is 0.0205. The molecule has 2 heterocycles. The van der Waals surface area contributed by atoms with E-state index in [0.717, 1.165) is 11.4 Å². The Labute approximate surface area is 140 Å². The van der Waals surface area contributed by atoms with Crippen molar-refractivity contribution in [3.63, 3.8) is 0 Å². The van der Waals surface area contributed by atoms with Gasteiger partial charge in [0.1, 0.15) is 5.69 Å². The number of nitrogens with one attached hydrogen (secondary N) is 2. The van der Waals surface area contributed by atoms with Gasteiger partial charge in [-0.25, -0.2) is 14.6 Å². The molecule has 0 aliphatic carbocycles. The standard InChI is InChI=1S/C15H21ClN6O/c1-6-18-13-11(12(16)19-14(20-13)15(23)17-5)22-10(8(2)3)7-9(4)21-22/h7-8H,6H2,1-5H3,(H,17,23)(H,18,19,20). The molecule has 0 fully saturated rings. The fourth-order valence-corrected chi connectivity index (χ4v) is 2.48. The number of anilines is 1. The molecule has 0 saturated heterocycles. The van der Waals surface area contributed by atoms with Gasteiger partial charge in [-0.3, -0.25) is 4.79 Å². The molecule has 0 bridgehead atoms. The second-order valence-corrected chi connectivity index (χ2v) is 5.78. The molecule has 0 unspecified atom stereocenters. The number of hydrogen-bond donors (Lipinski definition) is 2. The minimum atomic E-state index is -0.390. The Morgan fingerprint density at radius 2 is 2.09 bits per heavy atom. The summed E-state index contributed by atoms with van der Waals surface area (Å²) in [6, 6.07) is 2.00. The van der Waals surface area contributed by atoms with Crippen LogP contribution in [0.5, 0.6) is 0 Å². The van der Waals surface area contributed by atoms with Gasteiger partial charge in [-0.15, -0.1) is 0 Å². The van der Waals surface area contributed by atoms with Gasteiger partial charge in [-0.1, -0.05) is 25.4 Å². The van der Waals surface area contributed by atoms with Gasteiger partial charge in [0.2, 0.25) is 5.82 Å². The van der Waals surface area contributed by atoms with Crippen LogP contribution < -0.4 is 10.6 Å². The van der Waals surface area contributed by atoms with E-state index in [0.29, 0.717) is 18.1 Å². The molecule has 0 spiro atoms. The normalized spacial score (nSPS) is 10.9. The third kappa shape index (κ3) is 3.44. The molecule has 124 valence electrons. The van der Waals surface area contributed by atoms with E-state index in [9.17, 15) is 4.79 Å². The van der Waals surface area contributed by atoms with Crippen LogP contribution in [0, 0.1) is 6.92 Å². The molecule has 0 aliphatic heterocycles. The zero-order valence-electron chi connectivity index (χ0n) is 13.9. The third-order valence-corrected chi connectivity index (χ3v) is 3.54. The van der Waals surface area contributed by atoms with Crippen molar-refractivity contribution in [3.05, 3.63) is 28.4 Å². The van der Waals surface area contributed by atoms with Crippen molar-refractivity contribution in [1.82, 2.24) is 25.1 Å². The van der Waals surface area contributed by atoms with Crippen molar-refractivity contribution in [1.29, 1.82) is 0 Å². The van der Waals surface area contributed by atoms with E-state index in [-0.39, 0.29) is 16.9 Å². The molecule has 0 atom stereocenters. The SMILES string of the molecule is CCNc1nc(C(=O)NC)nc(Cl)c1-n1nc(C)cc1C(C)C. The zero-order chi connectivity index (χ0) is 17.1. The Hall–Kier alpha value is -2.15. The van der Waals surface area contributed by atoms with Crippen LogP contribution in [0.4, 0.5) is 5.82 Å². The Bertz CT molecular complexity index is 725. The van der Waals surface area contributed by atoms with Crippen LogP contribution in [0.2, 0.25) is 5.15 Å². The van der Waals surface area contributed by atoms with Gasteiger partial charge >= 0.3 is 0 Å². The molecule has 0 radical (unpaired) electrons. The molecule has 7 nitrogen and oxygen atoms in total. The Morgan fingerprint density at radius 3 is 2.65 bits per heavy atom. The van der Waals surface area contributed by atoms with Crippen LogP contribution in [0.15, 0.2) is 6.07 Å². The quantitative estimate of drug-likeness (QED) is 0.820. The van der Waals surface area contributed by atoms with Gasteiger partial charge in [0.05, 0.1) is 5.69 Å². The van der Waals surface area contributed by atoms with Crippen molar-refractivity contribution in [2.45, 2.75) is 33.6 Å². The van der Waals surface area contributed by atoms with Gasteiger partial charge in [-0.2, -0.15) is 5.10 Å². The highest BCUT2D eigenvalue weighted by Gasteiger charge is 2.21. The largest absolute Gasteiger partial charge is 0.368 e. The smallest absolute Gasteiger partial charge is 0.288 e. The topological polar surface area (TPSA) is 84.7 Å². The molecule has 2 rings (SSSR count). The van der Waals surface area contributed by atoms with E-state index < -0.39 is 5.91 Å². The molecule has 0 aliphatic rings. The first kappa shape index (κ1) is 17.2. The maximum absolute atomic E-state index is 11.8. The number of halogens is 1. The van der Waals surface area contributed by atoms with E-state index >= 15 is 0 Å². The van der Waals surface area contributed by atoms with Crippen molar-refractivity contribution >= 4 is 23.3 Å². The average Bonchev–Trinajstić information content (AvgIpc) is 2.88. The van der Waals surface area contributed by atoms with Gasteiger partial charge in [-0.05, 0) is 25.8 Å². The molecule has 23 heavy (non-hydrogen) atoms. The Kier molecular flexibility index (Phi) is 5.20. The number of carbonyl (C=O) groups excluding carboxylic acids is 1. The summed E-state index contributed by atoms with van der Waals surface area (Å²) in [4.78, 5) is 20.2. The van der Waals surface area contributed by atoms with Gasteiger partial charge < -0.3 is 10.6 Å². The van der Waals surface area contributed by atoms with Gasteiger partial charge in [0.25, 0.3) is 5.91 Å². The molecule has 1 amide bonds. The maximum Gasteiger partial charge on any atom is 0.288 e. The number of aryl methyl sites for hydroxylation is 1. The van der Waals surface area contributed by atoms with Crippen molar-refractivity contribution in [2.75, 3.05) is 18.9 Å². The molecule has 8 heteroatoms. The van der Waals surface area contributed by atoms with Crippen LogP contribution in [0.25, 0.3) is 5.69 Å². The van der Waals surface area contributed by atoms with E-state index in [1.54, 1.807) is 4.68 Å². The summed E-state index contributed by atoms with van der Waals surface area (Å²) in [5.74, 6) is 0.363. The second kappa shape index (κ2) is 6.95. The highest BCUT2D eigenvalue weighted by molar-refractivity contribution is 6.31. The predicted octanol–water partition coefficient (Wildman–Crippen LogP) is 2.54. The van der Waals surface area contributed by atoms with Crippen LogP contribution in [0.3, 0.4) is 0 Å². The molecule has 2 N–H and O–H groups in total. The van der Waals surface area contributed by atoms with Crippen LogP contribution in [-0.4, -0.2) is 39.2 Å². The average molecular weight is 337 g/mol. The number of rotatable bonds is 5. The van der Waals surface area contributed by atoms with Gasteiger partial charge in [0, 0.05) is 19.3 Å². The van der Waals surface area contributed by atoms with E-state index in [1.165, 1.54) is 7.05 Å². The zero-order valence-corrected chi connectivity index (χ0v) is 14.7. The molecule has 0 aromatic carbocycles. The number of amides is 1. The second-order valence-electron chi connectivity index (χ2n) is 5.42. The first-order valence-corrected chi connectivity index (χ1v) is 7.87. The summed E-state index contributed by atoms with van der Waals surface area (Å²) in [7, 11) is 1.52.